The molecule has 0 saturated carbocycles. The van der Waals surface area contributed by atoms with Crippen LogP contribution in [0.1, 0.15) is 48.9 Å². The second kappa shape index (κ2) is 14.7. The fourth-order valence-corrected chi connectivity index (χ4v) is 5.34. The first-order valence-electron chi connectivity index (χ1n) is 13.3. The number of carboxylic acid groups (broad SMARTS) is 1. The van der Waals surface area contributed by atoms with E-state index in [4.69, 9.17) is 14.6 Å². The van der Waals surface area contributed by atoms with Gasteiger partial charge in [0.25, 0.3) is 0 Å². The van der Waals surface area contributed by atoms with Crippen LogP contribution in [0.2, 0.25) is 0 Å². The summed E-state index contributed by atoms with van der Waals surface area (Å²) in [5, 5.41) is 9.11. The van der Waals surface area contributed by atoms with Crippen molar-refractivity contribution in [1.29, 1.82) is 0 Å². The summed E-state index contributed by atoms with van der Waals surface area (Å²) in [6.07, 6.45) is -0.341. The van der Waals surface area contributed by atoms with Gasteiger partial charge in [-0.1, -0.05) is 12.1 Å². The minimum Gasteiger partial charge on any atom is -0.481 e. The molecule has 0 bridgehead atoms. The molecule has 2 amide bonds. The molecule has 2 aromatic rings. The number of benzene rings is 2. The van der Waals surface area contributed by atoms with Crippen LogP contribution in [0.5, 0.6) is 0 Å². The van der Waals surface area contributed by atoms with Crippen LogP contribution >= 0.6 is 0 Å². The molecule has 0 spiro atoms. The number of aliphatic carboxylic acids is 1. The molecule has 1 N–H and O–H groups in total. The molecule has 2 aliphatic heterocycles. The molecular formula is C29H32F4N2O8. The number of rotatable bonds is 4. The van der Waals surface area contributed by atoms with Crippen LogP contribution < -0.4 is 0 Å². The highest BCUT2D eigenvalue weighted by Gasteiger charge is 2.39. The number of hydrogen-bond acceptors (Lipinski definition) is 7. The summed E-state index contributed by atoms with van der Waals surface area (Å²) >= 11 is 0. The lowest BCUT2D eigenvalue weighted by Gasteiger charge is -2.37. The van der Waals surface area contributed by atoms with Crippen molar-refractivity contribution in [3.8, 4) is 0 Å². The van der Waals surface area contributed by atoms with Gasteiger partial charge in [-0.2, -0.15) is 0 Å². The first kappa shape index (κ1) is 33.1. The van der Waals surface area contributed by atoms with Crippen molar-refractivity contribution >= 4 is 24.1 Å². The van der Waals surface area contributed by atoms with Gasteiger partial charge in [-0.25, -0.2) is 27.2 Å². The van der Waals surface area contributed by atoms with Crippen LogP contribution in [0.4, 0.5) is 27.2 Å². The van der Waals surface area contributed by atoms with Crippen molar-refractivity contribution in [2.24, 2.45) is 11.8 Å². The van der Waals surface area contributed by atoms with Crippen LogP contribution in [0.25, 0.3) is 0 Å². The summed E-state index contributed by atoms with van der Waals surface area (Å²) in [5.74, 6) is -5.52. The maximum absolute atomic E-state index is 14.1. The van der Waals surface area contributed by atoms with Crippen molar-refractivity contribution in [3.05, 3.63) is 70.8 Å². The third kappa shape index (κ3) is 7.93. The number of nitrogens with zero attached hydrogens (tertiary/aromatic N) is 2. The van der Waals surface area contributed by atoms with E-state index >= 15 is 0 Å². The monoisotopic (exact) mass is 612 g/mol. The summed E-state index contributed by atoms with van der Waals surface area (Å²) in [6.45, 7) is 0.374. The standard InChI is InChI=1S/C15H17F2NO4.C14H15F2NO4/c1-21-14(19)9-5-6-18(15(20)22-2)13(7-9)11-4-3-10(16)8-12(11)17;1-21-14(20)17-5-4-8(13(18)19)6-12(17)10-3-2-9(15)7-11(10)16/h3-4,8-9,13H,5-7H2,1-2H3;2-3,7-8,12H,4-6H2,1H3,(H,18,19). The van der Waals surface area contributed by atoms with Crippen molar-refractivity contribution in [3.63, 3.8) is 0 Å². The van der Waals surface area contributed by atoms with Crippen LogP contribution in [0.15, 0.2) is 36.4 Å². The normalized spacial score (nSPS) is 21.7. The third-order valence-electron chi connectivity index (χ3n) is 7.55. The Bertz CT molecular complexity index is 1340. The Morgan fingerprint density at radius 3 is 1.49 bits per heavy atom. The van der Waals surface area contributed by atoms with Crippen molar-refractivity contribution in [1.82, 2.24) is 9.80 Å². The Morgan fingerprint density at radius 2 is 1.12 bits per heavy atom. The van der Waals surface area contributed by atoms with E-state index in [1.165, 1.54) is 43.3 Å². The number of esters is 1. The highest BCUT2D eigenvalue weighted by atomic mass is 19.1. The van der Waals surface area contributed by atoms with E-state index in [-0.39, 0.29) is 43.5 Å². The average Bonchev–Trinajstić information content (AvgIpc) is 2.99. The molecule has 43 heavy (non-hydrogen) atoms. The van der Waals surface area contributed by atoms with Gasteiger partial charge in [-0.3, -0.25) is 9.59 Å². The van der Waals surface area contributed by atoms with Gasteiger partial charge >= 0.3 is 24.1 Å². The van der Waals surface area contributed by atoms with E-state index in [2.05, 4.69) is 4.74 Å². The Kier molecular flexibility index (Phi) is 11.3. The van der Waals surface area contributed by atoms with Crippen molar-refractivity contribution in [2.75, 3.05) is 34.4 Å². The summed E-state index contributed by atoms with van der Waals surface area (Å²) in [5.41, 5.74) is 0.244. The maximum atomic E-state index is 14.1. The van der Waals surface area contributed by atoms with E-state index in [9.17, 15) is 36.7 Å². The van der Waals surface area contributed by atoms with Crippen LogP contribution in [0, 0.1) is 35.1 Å². The molecule has 4 unspecified atom stereocenters. The predicted molar refractivity (Wildman–Crippen MR) is 142 cm³/mol. The summed E-state index contributed by atoms with van der Waals surface area (Å²) < 4.78 is 68.1. The van der Waals surface area contributed by atoms with Gasteiger partial charge in [-0.05, 0) is 37.8 Å². The van der Waals surface area contributed by atoms with Crippen LogP contribution in [-0.4, -0.2) is 73.5 Å². The van der Waals surface area contributed by atoms with E-state index < -0.39 is 71.3 Å². The Labute approximate surface area is 245 Å². The fraction of sp³-hybridized carbons (Fsp3) is 0.448. The molecule has 0 aliphatic carbocycles. The molecule has 2 aromatic carbocycles. The number of amides is 2. The number of carbonyl (C=O) groups is 4. The molecule has 14 heteroatoms. The van der Waals surface area contributed by atoms with Gasteiger partial charge in [0.15, 0.2) is 0 Å². The zero-order valence-corrected chi connectivity index (χ0v) is 23.7. The number of carbonyl (C=O) groups excluding carboxylic acids is 3. The van der Waals surface area contributed by atoms with Gasteiger partial charge in [0.2, 0.25) is 0 Å². The third-order valence-corrected chi connectivity index (χ3v) is 7.55. The number of carboxylic acids is 1. The SMILES string of the molecule is COC(=O)C1CCN(C(=O)OC)C(c2ccc(F)cc2F)C1.COC(=O)N1CCC(C(=O)O)CC1c1ccc(F)cc1F. The van der Waals surface area contributed by atoms with E-state index in [0.29, 0.717) is 6.42 Å². The number of hydrogen-bond donors (Lipinski definition) is 1. The summed E-state index contributed by atoms with van der Waals surface area (Å²) in [4.78, 5) is 49.1. The van der Waals surface area contributed by atoms with Crippen molar-refractivity contribution in [2.45, 2.75) is 37.8 Å². The molecule has 2 aliphatic rings. The molecule has 10 nitrogen and oxygen atoms in total. The largest absolute Gasteiger partial charge is 0.481 e. The quantitative estimate of drug-likeness (QED) is 0.283. The van der Waals surface area contributed by atoms with Gasteiger partial charge in [-0.15, -0.1) is 0 Å². The minimum atomic E-state index is -0.993. The maximum Gasteiger partial charge on any atom is 0.409 e. The Balaban J connectivity index is 0.000000236. The lowest BCUT2D eigenvalue weighted by molar-refractivity contribution is -0.147. The molecule has 2 heterocycles. The number of likely N-dealkylation sites (tertiary alicyclic amines) is 2. The topological polar surface area (TPSA) is 123 Å². The van der Waals surface area contributed by atoms with Crippen LogP contribution in [-0.2, 0) is 23.8 Å². The summed E-state index contributed by atoms with van der Waals surface area (Å²) in [7, 11) is 3.71. The second-order valence-electron chi connectivity index (χ2n) is 9.99. The van der Waals surface area contributed by atoms with Gasteiger partial charge in [0.05, 0.1) is 45.2 Å². The molecule has 0 radical (unpaired) electrons. The minimum absolute atomic E-state index is 0.0625. The number of piperidine rings is 2. The zero-order chi connectivity index (χ0) is 31.8. The van der Waals surface area contributed by atoms with Gasteiger partial charge in [0.1, 0.15) is 23.3 Å². The molecule has 0 aromatic heterocycles. The average molecular weight is 613 g/mol. The second-order valence-corrected chi connectivity index (χ2v) is 9.99. The molecule has 4 rings (SSSR count). The van der Waals surface area contributed by atoms with Gasteiger partial charge < -0.3 is 29.1 Å². The summed E-state index contributed by atoms with van der Waals surface area (Å²) in [6, 6.07) is 4.70. The molecular weight excluding hydrogens is 580 g/mol. The Morgan fingerprint density at radius 1 is 0.698 bits per heavy atom. The smallest absolute Gasteiger partial charge is 0.409 e. The van der Waals surface area contributed by atoms with Crippen LogP contribution in [0.3, 0.4) is 0 Å². The lowest BCUT2D eigenvalue weighted by atomic mass is 9.87. The Hall–Kier alpha value is -4.36. The van der Waals surface area contributed by atoms with E-state index in [1.54, 1.807) is 0 Å². The lowest BCUT2D eigenvalue weighted by Crippen LogP contribution is -2.43. The molecule has 2 fully saturated rings. The fourth-order valence-electron chi connectivity index (χ4n) is 5.34. The van der Waals surface area contributed by atoms with Gasteiger partial charge in [0, 0.05) is 36.3 Å². The van der Waals surface area contributed by atoms with Crippen molar-refractivity contribution < 1.29 is 56.1 Å². The zero-order valence-electron chi connectivity index (χ0n) is 23.7. The first-order chi connectivity index (χ1) is 20.4. The van der Waals surface area contributed by atoms with E-state index in [0.717, 1.165) is 24.3 Å². The number of ether oxygens (including phenoxy) is 3. The highest BCUT2D eigenvalue weighted by molar-refractivity contribution is 5.74. The molecule has 234 valence electrons. The highest BCUT2D eigenvalue weighted by Crippen LogP contribution is 2.37. The number of halogens is 4. The number of methoxy groups -OCH3 is 3. The van der Waals surface area contributed by atoms with E-state index in [1.807, 2.05) is 0 Å². The molecule has 4 atom stereocenters. The first-order valence-corrected chi connectivity index (χ1v) is 13.3. The molecule has 2 saturated heterocycles. The predicted octanol–water partition coefficient (Wildman–Crippen LogP) is 5.23.